The molecular formula is C12H13NO5. The van der Waals surface area contributed by atoms with Gasteiger partial charge in [0.1, 0.15) is 5.75 Å². The molecule has 6 nitrogen and oxygen atoms in total. The largest absolute Gasteiger partial charge is 0.504 e. The summed E-state index contributed by atoms with van der Waals surface area (Å²) < 4.78 is 15.6. The number of rotatable bonds is 3. The Balaban J connectivity index is 2.94. The maximum Gasteiger partial charge on any atom is 0.205 e. The normalized spacial score (nSPS) is 11.8. The first-order valence-electron chi connectivity index (χ1n) is 5.18. The highest BCUT2D eigenvalue weighted by molar-refractivity contribution is 6.10. The van der Waals surface area contributed by atoms with Crippen LogP contribution in [-0.2, 0) is 0 Å². The third-order valence-corrected chi connectivity index (χ3v) is 2.72. The van der Waals surface area contributed by atoms with Gasteiger partial charge in [0.2, 0.25) is 5.75 Å². The Morgan fingerprint density at radius 3 is 2.50 bits per heavy atom. The van der Waals surface area contributed by atoms with Crippen LogP contribution in [-0.4, -0.2) is 30.2 Å². The predicted octanol–water partition coefficient (Wildman–Crippen LogP) is 2.35. The molecule has 2 N–H and O–H groups in total. The van der Waals surface area contributed by atoms with Crippen LogP contribution in [0.15, 0.2) is 21.9 Å². The number of benzene rings is 1. The molecule has 0 aliphatic carbocycles. The number of methoxy groups -OCH3 is 2. The van der Waals surface area contributed by atoms with Crippen LogP contribution >= 0.6 is 0 Å². The first kappa shape index (κ1) is 12.1. The van der Waals surface area contributed by atoms with Gasteiger partial charge in [0.05, 0.1) is 37.1 Å². The summed E-state index contributed by atoms with van der Waals surface area (Å²) in [6.45, 7) is 1.54. The van der Waals surface area contributed by atoms with Crippen molar-refractivity contribution in [1.29, 1.82) is 0 Å². The van der Waals surface area contributed by atoms with E-state index in [1.165, 1.54) is 20.5 Å². The number of phenolic OH excluding ortho intramolecular Hbond substituents is 1. The zero-order valence-electron chi connectivity index (χ0n) is 10.2. The molecule has 1 heterocycles. The number of hydrogen-bond acceptors (Lipinski definition) is 6. The maximum atomic E-state index is 10.2. The summed E-state index contributed by atoms with van der Waals surface area (Å²) in [5.41, 5.74) is 0.859. The number of fused-ring (bicyclic) bond motifs is 1. The van der Waals surface area contributed by atoms with Crippen LogP contribution in [0.25, 0.3) is 11.0 Å². The van der Waals surface area contributed by atoms with Crippen molar-refractivity contribution in [1.82, 2.24) is 0 Å². The van der Waals surface area contributed by atoms with Gasteiger partial charge in [-0.15, -0.1) is 0 Å². The van der Waals surface area contributed by atoms with Crippen LogP contribution in [0.1, 0.15) is 12.5 Å². The second-order valence-electron chi connectivity index (χ2n) is 3.64. The molecule has 0 aliphatic rings. The molecule has 6 heteroatoms. The van der Waals surface area contributed by atoms with E-state index >= 15 is 0 Å². The lowest BCUT2D eigenvalue weighted by atomic mass is 10.0. The van der Waals surface area contributed by atoms with Crippen LogP contribution in [0.4, 0.5) is 0 Å². The Morgan fingerprint density at radius 1 is 1.28 bits per heavy atom. The number of nitrogens with zero attached hydrogens (tertiary/aromatic N) is 1. The molecule has 1 aromatic heterocycles. The Labute approximate surface area is 103 Å². The van der Waals surface area contributed by atoms with Crippen LogP contribution < -0.4 is 9.47 Å². The lowest BCUT2D eigenvalue weighted by Gasteiger charge is -2.13. The van der Waals surface area contributed by atoms with Gasteiger partial charge in [-0.1, -0.05) is 5.16 Å². The third kappa shape index (κ3) is 1.54. The van der Waals surface area contributed by atoms with E-state index in [9.17, 15) is 5.11 Å². The molecule has 0 fully saturated rings. The number of oxime groups is 1. The van der Waals surface area contributed by atoms with Gasteiger partial charge >= 0.3 is 0 Å². The zero-order chi connectivity index (χ0) is 13.3. The molecule has 0 atom stereocenters. The fraction of sp³-hybridized carbons (Fsp3) is 0.250. The molecular weight excluding hydrogens is 238 g/mol. The average Bonchev–Trinajstić information content (AvgIpc) is 2.85. The van der Waals surface area contributed by atoms with Crippen molar-refractivity contribution in [2.24, 2.45) is 5.16 Å². The van der Waals surface area contributed by atoms with Gasteiger partial charge < -0.3 is 24.2 Å². The van der Waals surface area contributed by atoms with Crippen molar-refractivity contribution in [3.63, 3.8) is 0 Å². The predicted molar refractivity (Wildman–Crippen MR) is 65.0 cm³/mol. The van der Waals surface area contributed by atoms with Gasteiger partial charge in [0, 0.05) is 0 Å². The van der Waals surface area contributed by atoms with Gasteiger partial charge in [-0.3, -0.25) is 0 Å². The second-order valence-corrected chi connectivity index (χ2v) is 3.64. The van der Waals surface area contributed by atoms with Gasteiger partial charge in [-0.2, -0.15) is 0 Å². The summed E-state index contributed by atoms with van der Waals surface area (Å²) >= 11 is 0. The molecule has 0 aliphatic heterocycles. The molecule has 0 radical (unpaired) electrons. The van der Waals surface area contributed by atoms with Crippen molar-refractivity contribution in [2.75, 3.05) is 14.2 Å². The molecule has 0 saturated heterocycles. The summed E-state index contributed by atoms with van der Waals surface area (Å²) in [6.07, 6.45) is 1.46. The van der Waals surface area contributed by atoms with Crippen molar-refractivity contribution >= 4 is 16.7 Å². The monoisotopic (exact) mass is 251 g/mol. The molecule has 18 heavy (non-hydrogen) atoms. The van der Waals surface area contributed by atoms with Crippen molar-refractivity contribution < 1.29 is 24.2 Å². The lowest BCUT2D eigenvalue weighted by molar-refractivity contribution is 0.318. The maximum absolute atomic E-state index is 10.2. The van der Waals surface area contributed by atoms with E-state index in [-0.39, 0.29) is 22.8 Å². The Morgan fingerprint density at radius 2 is 1.94 bits per heavy atom. The van der Waals surface area contributed by atoms with Crippen molar-refractivity contribution in [3.05, 3.63) is 17.9 Å². The summed E-state index contributed by atoms with van der Waals surface area (Å²) in [6, 6.07) is 1.68. The molecule has 0 unspecified atom stereocenters. The Hall–Kier alpha value is -2.37. The topological polar surface area (TPSA) is 84.4 Å². The minimum atomic E-state index is -0.188. The second kappa shape index (κ2) is 4.48. The summed E-state index contributed by atoms with van der Waals surface area (Å²) in [4.78, 5) is 0. The van der Waals surface area contributed by atoms with E-state index in [0.717, 1.165) is 0 Å². The van der Waals surface area contributed by atoms with E-state index in [4.69, 9.17) is 19.1 Å². The van der Waals surface area contributed by atoms with Gasteiger partial charge in [0.15, 0.2) is 11.3 Å². The molecule has 0 spiro atoms. The number of hydrogen-bond donors (Lipinski definition) is 2. The number of phenols is 1. The number of furan rings is 1. The Kier molecular flexibility index (Phi) is 3.01. The average molecular weight is 251 g/mol. The smallest absolute Gasteiger partial charge is 0.205 e. The minimum absolute atomic E-state index is 0.175. The molecule has 0 saturated carbocycles. The first-order valence-corrected chi connectivity index (χ1v) is 5.18. The van der Waals surface area contributed by atoms with E-state index in [1.807, 2.05) is 0 Å². The van der Waals surface area contributed by atoms with Gasteiger partial charge in [-0.05, 0) is 13.0 Å². The summed E-state index contributed by atoms with van der Waals surface area (Å²) in [7, 11) is 2.88. The highest BCUT2D eigenvalue weighted by Crippen LogP contribution is 2.45. The molecule has 1 aromatic carbocycles. The fourth-order valence-corrected chi connectivity index (χ4v) is 1.91. The minimum Gasteiger partial charge on any atom is -0.504 e. The van der Waals surface area contributed by atoms with E-state index in [1.54, 1.807) is 13.0 Å². The summed E-state index contributed by atoms with van der Waals surface area (Å²) in [5, 5.41) is 22.8. The van der Waals surface area contributed by atoms with Crippen molar-refractivity contribution in [2.45, 2.75) is 6.92 Å². The van der Waals surface area contributed by atoms with Crippen molar-refractivity contribution in [3.8, 4) is 17.2 Å². The molecule has 96 valence electrons. The lowest BCUT2D eigenvalue weighted by Crippen LogP contribution is -2.02. The summed E-state index contributed by atoms with van der Waals surface area (Å²) in [5.74, 6) is 0.355. The van der Waals surface area contributed by atoms with E-state index in [0.29, 0.717) is 16.7 Å². The number of ether oxygens (including phenoxy) is 2. The quantitative estimate of drug-likeness (QED) is 0.497. The molecule has 2 aromatic rings. The Bertz CT molecular complexity index is 614. The highest BCUT2D eigenvalue weighted by Gasteiger charge is 2.24. The van der Waals surface area contributed by atoms with Crippen LogP contribution in [0.5, 0.6) is 17.2 Å². The molecule has 0 amide bonds. The van der Waals surface area contributed by atoms with Gasteiger partial charge in [-0.25, -0.2) is 0 Å². The molecule has 2 rings (SSSR count). The third-order valence-electron chi connectivity index (χ3n) is 2.72. The fourth-order valence-electron chi connectivity index (χ4n) is 1.91. The SMILES string of the molecule is COc1c(/C(C)=N/O)c(O)c(OC)c2occc12. The highest BCUT2D eigenvalue weighted by atomic mass is 16.5. The first-order chi connectivity index (χ1) is 8.65. The van der Waals surface area contributed by atoms with Gasteiger partial charge in [0.25, 0.3) is 0 Å². The number of aromatic hydroxyl groups is 1. The van der Waals surface area contributed by atoms with Crippen LogP contribution in [0.3, 0.4) is 0 Å². The molecule has 0 bridgehead atoms. The van der Waals surface area contributed by atoms with E-state index < -0.39 is 0 Å². The van der Waals surface area contributed by atoms with E-state index in [2.05, 4.69) is 5.16 Å². The zero-order valence-corrected chi connectivity index (χ0v) is 10.2. The van der Waals surface area contributed by atoms with Crippen LogP contribution in [0.2, 0.25) is 0 Å². The standard InChI is InChI=1S/C12H13NO5/c1-6(13-15)8-9(14)12(17-3)11-7(4-5-18-11)10(8)16-2/h4-5,14-15H,1-3H3/b13-6+. The van der Waals surface area contributed by atoms with Crippen LogP contribution in [0, 0.1) is 0 Å².